The number of phenols is 1. The first kappa shape index (κ1) is 14.3. The van der Waals surface area contributed by atoms with Gasteiger partial charge in [-0.25, -0.2) is 0 Å². The molecule has 0 fully saturated rings. The van der Waals surface area contributed by atoms with Gasteiger partial charge in [0.2, 0.25) is 0 Å². The maximum absolute atomic E-state index is 10.1. The molecule has 0 aliphatic heterocycles. The minimum absolute atomic E-state index is 0.0774. The van der Waals surface area contributed by atoms with E-state index in [0.717, 1.165) is 27.6 Å². The zero-order valence-electron chi connectivity index (χ0n) is 13.1. The van der Waals surface area contributed by atoms with Crippen LogP contribution in [0.1, 0.15) is 5.56 Å². The van der Waals surface area contributed by atoms with Gasteiger partial charge in [-0.05, 0) is 30.3 Å². The van der Waals surface area contributed by atoms with Gasteiger partial charge in [0, 0.05) is 28.6 Å². The number of aromatic hydroxyl groups is 1. The molecule has 0 aliphatic rings. The third kappa shape index (κ3) is 2.38. The van der Waals surface area contributed by atoms with Crippen molar-refractivity contribution < 1.29 is 14.3 Å². The molecule has 118 valence electrons. The van der Waals surface area contributed by atoms with Gasteiger partial charge in [0.25, 0.3) is 0 Å². The second-order valence-corrected chi connectivity index (χ2v) is 5.43. The summed E-state index contributed by atoms with van der Waals surface area (Å²) in [5, 5.41) is 12.3. The second-order valence-electron chi connectivity index (χ2n) is 5.43. The number of nitrogens with zero attached hydrogens (tertiary/aromatic N) is 1. The maximum atomic E-state index is 10.1. The number of benzene rings is 3. The Labute approximate surface area is 138 Å². The van der Waals surface area contributed by atoms with Crippen LogP contribution in [0.4, 0.5) is 5.69 Å². The molecule has 0 saturated carbocycles. The summed E-state index contributed by atoms with van der Waals surface area (Å²) in [6, 6.07) is 19.0. The summed E-state index contributed by atoms with van der Waals surface area (Å²) in [7, 11) is 1.52. The number of aliphatic imine (C=N–C) groups is 1. The van der Waals surface area contributed by atoms with E-state index in [0.29, 0.717) is 11.3 Å². The van der Waals surface area contributed by atoms with Gasteiger partial charge in [-0.2, -0.15) is 0 Å². The van der Waals surface area contributed by atoms with Gasteiger partial charge in [-0.3, -0.25) is 4.99 Å². The zero-order chi connectivity index (χ0) is 16.5. The molecule has 24 heavy (non-hydrogen) atoms. The highest BCUT2D eigenvalue weighted by Crippen LogP contribution is 2.32. The van der Waals surface area contributed by atoms with Crippen LogP contribution in [-0.2, 0) is 0 Å². The lowest BCUT2D eigenvalue weighted by Crippen LogP contribution is -1.88. The molecular formula is C20H15NO3. The van der Waals surface area contributed by atoms with E-state index in [1.54, 1.807) is 18.3 Å². The summed E-state index contributed by atoms with van der Waals surface area (Å²) in [6.45, 7) is 0. The number of fused-ring (bicyclic) bond motifs is 3. The minimum Gasteiger partial charge on any atom is -0.504 e. The van der Waals surface area contributed by atoms with Gasteiger partial charge in [0.1, 0.15) is 11.2 Å². The van der Waals surface area contributed by atoms with Crippen LogP contribution in [-0.4, -0.2) is 18.4 Å². The molecule has 4 rings (SSSR count). The number of ether oxygens (including phenoxy) is 1. The van der Waals surface area contributed by atoms with Crippen molar-refractivity contribution in [2.24, 2.45) is 4.99 Å². The fourth-order valence-electron chi connectivity index (χ4n) is 2.75. The number of para-hydroxylation sites is 2. The minimum atomic E-state index is 0.0774. The molecule has 1 heterocycles. The molecule has 0 radical (unpaired) electrons. The number of furan rings is 1. The van der Waals surface area contributed by atoms with Crippen LogP contribution >= 0.6 is 0 Å². The highest BCUT2D eigenvalue weighted by Gasteiger charge is 2.07. The lowest BCUT2D eigenvalue weighted by atomic mass is 10.1. The first-order valence-electron chi connectivity index (χ1n) is 7.57. The fourth-order valence-corrected chi connectivity index (χ4v) is 2.75. The van der Waals surface area contributed by atoms with E-state index in [4.69, 9.17) is 9.15 Å². The van der Waals surface area contributed by atoms with E-state index in [1.165, 1.54) is 7.11 Å². The first-order chi connectivity index (χ1) is 11.8. The van der Waals surface area contributed by atoms with Crippen molar-refractivity contribution in [2.45, 2.75) is 0 Å². The third-order valence-corrected chi connectivity index (χ3v) is 3.97. The van der Waals surface area contributed by atoms with E-state index in [2.05, 4.69) is 4.99 Å². The SMILES string of the molecule is COc1cccc(C=Nc2ccc3c(c2)oc2ccccc23)c1O. The van der Waals surface area contributed by atoms with Gasteiger partial charge in [0.15, 0.2) is 11.5 Å². The van der Waals surface area contributed by atoms with Gasteiger partial charge in [-0.15, -0.1) is 0 Å². The highest BCUT2D eigenvalue weighted by molar-refractivity contribution is 6.05. The molecule has 0 aliphatic carbocycles. The van der Waals surface area contributed by atoms with E-state index < -0.39 is 0 Å². The van der Waals surface area contributed by atoms with E-state index >= 15 is 0 Å². The molecule has 0 amide bonds. The van der Waals surface area contributed by atoms with Crippen LogP contribution in [0.2, 0.25) is 0 Å². The van der Waals surface area contributed by atoms with Crippen LogP contribution in [0.3, 0.4) is 0 Å². The first-order valence-corrected chi connectivity index (χ1v) is 7.57. The number of hydrogen-bond donors (Lipinski definition) is 1. The Hall–Kier alpha value is -3.27. The molecule has 0 unspecified atom stereocenters. The standard InChI is InChI=1S/C20H15NO3/c1-23-18-8-4-5-13(20(18)22)12-21-14-9-10-16-15-6-2-3-7-17(15)24-19(16)11-14/h2-12,22H,1H3. The highest BCUT2D eigenvalue weighted by atomic mass is 16.5. The third-order valence-electron chi connectivity index (χ3n) is 3.97. The quantitative estimate of drug-likeness (QED) is 0.538. The molecule has 4 heteroatoms. The maximum Gasteiger partial charge on any atom is 0.166 e. The average molecular weight is 317 g/mol. The summed E-state index contributed by atoms with van der Waals surface area (Å²) in [4.78, 5) is 4.43. The lowest BCUT2D eigenvalue weighted by Gasteiger charge is -2.04. The van der Waals surface area contributed by atoms with Gasteiger partial charge in [0.05, 0.1) is 12.8 Å². The smallest absolute Gasteiger partial charge is 0.166 e. The molecule has 4 aromatic rings. The zero-order valence-corrected chi connectivity index (χ0v) is 13.1. The van der Waals surface area contributed by atoms with Gasteiger partial charge < -0.3 is 14.3 Å². The van der Waals surface area contributed by atoms with Crippen LogP contribution in [0.5, 0.6) is 11.5 Å². The van der Waals surface area contributed by atoms with E-state index in [1.807, 2.05) is 48.5 Å². The molecule has 0 atom stereocenters. The van der Waals surface area contributed by atoms with Gasteiger partial charge >= 0.3 is 0 Å². The lowest BCUT2D eigenvalue weighted by molar-refractivity contribution is 0.373. The van der Waals surface area contributed by atoms with Crippen molar-refractivity contribution >= 4 is 33.8 Å². The average Bonchev–Trinajstić information content (AvgIpc) is 2.98. The predicted octanol–water partition coefficient (Wildman–Crippen LogP) is 5.05. The van der Waals surface area contributed by atoms with Crippen molar-refractivity contribution in [2.75, 3.05) is 7.11 Å². The van der Waals surface area contributed by atoms with Crippen molar-refractivity contribution in [1.82, 2.24) is 0 Å². The summed E-state index contributed by atoms with van der Waals surface area (Å²) in [5.41, 5.74) is 3.00. The van der Waals surface area contributed by atoms with Gasteiger partial charge in [-0.1, -0.05) is 24.3 Å². The van der Waals surface area contributed by atoms with Crippen LogP contribution in [0.25, 0.3) is 21.9 Å². The molecular weight excluding hydrogens is 302 g/mol. The van der Waals surface area contributed by atoms with E-state index in [9.17, 15) is 5.11 Å². The van der Waals surface area contributed by atoms with Crippen molar-refractivity contribution in [3.8, 4) is 11.5 Å². The Kier molecular flexibility index (Phi) is 3.43. The summed E-state index contributed by atoms with van der Waals surface area (Å²) >= 11 is 0. The van der Waals surface area contributed by atoms with Crippen molar-refractivity contribution in [1.29, 1.82) is 0 Å². The molecule has 0 spiro atoms. The van der Waals surface area contributed by atoms with Crippen molar-refractivity contribution in [3.05, 3.63) is 66.2 Å². The topological polar surface area (TPSA) is 55.0 Å². The molecule has 0 saturated heterocycles. The Morgan fingerprint density at radius 3 is 2.67 bits per heavy atom. The normalized spacial score (nSPS) is 11.5. The molecule has 4 nitrogen and oxygen atoms in total. The largest absolute Gasteiger partial charge is 0.504 e. The predicted molar refractivity (Wildman–Crippen MR) is 95.6 cm³/mol. The van der Waals surface area contributed by atoms with Crippen LogP contribution < -0.4 is 4.74 Å². The Morgan fingerprint density at radius 2 is 1.79 bits per heavy atom. The Bertz CT molecular complexity index is 1060. The summed E-state index contributed by atoms with van der Waals surface area (Å²) in [6.07, 6.45) is 1.61. The fraction of sp³-hybridized carbons (Fsp3) is 0.0500. The molecule has 3 aromatic carbocycles. The van der Waals surface area contributed by atoms with Crippen LogP contribution in [0.15, 0.2) is 70.1 Å². The monoisotopic (exact) mass is 317 g/mol. The van der Waals surface area contributed by atoms with Crippen LogP contribution in [0, 0.1) is 0 Å². The summed E-state index contributed by atoms with van der Waals surface area (Å²) < 4.78 is 11.0. The molecule has 0 bridgehead atoms. The summed E-state index contributed by atoms with van der Waals surface area (Å²) in [5.74, 6) is 0.500. The second kappa shape index (κ2) is 5.74. The number of rotatable bonds is 3. The number of methoxy groups -OCH3 is 1. The molecule has 1 aromatic heterocycles. The Balaban J connectivity index is 1.73. The number of hydrogen-bond acceptors (Lipinski definition) is 4. The number of phenolic OH excluding ortho intramolecular Hbond substituents is 1. The van der Waals surface area contributed by atoms with Crippen molar-refractivity contribution in [3.63, 3.8) is 0 Å². The van der Waals surface area contributed by atoms with E-state index in [-0.39, 0.29) is 5.75 Å². The molecule has 1 N–H and O–H groups in total. The Morgan fingerprint density at radius 1 is 0.958 bits per heavy atom.